The maximum absolute atomic E-state index is 12.1. The molecular formula is C19H21N5O2S. The molecule has 0 unspecified atom stereocenters. The van der Waals surface area contributed by atoms with Crippen LogP contribution in [-0.2, 0) is 17.9 Å². The fraction of sp³-hybridized carbons (Fsp3) is 0.263. The van der Waals surface area contributed by atoms with Crippen LogP contribution in [0.2, 0.25) is 0 Å². The van der Waals surface area contributed by atoms with E-state index in [4.69, 9.17) is 4.74 Å². The van der Waals surface area contributed by atoms with Crippen molar-refractivity contribution in [2.75, 3.05) is 12.9 Å². The molecule has 3 rings (SSSR count). The first kappa shape index (κ1) is 18.9. The zero-order valence-electron chi connectivity index (χ0n) is 15.3. The first-order valence-electron chi connectivity index (χ1n) is 8.49. The van der Waals surface area contributed by atoms with E-state index in [-0.39, 0.29) is 11.7 Å². The second-order valence-corrected chi connectivity index (χ2v) is 6.90. The van der Waals surface area contributed by atoms with Crippen LogP contribution in [0.5, 0.6) is 5.75 Å². The molecule has 0 aliphatic carbocycles. The highest BCUT2D eigenvalue weighted by Gasteiger charge is 2.11. The van der Waals surface area contributed by atoms with Crippen molar-refractivity contribution < 1.29 is 9.53 Å². The number of carbonyl (C=O) groups excluding carboxylic acids is 1. The number of rotatable bonds is 8. The molecule has 8 heteroatoms. The molecule has 140 valence electrons. The number of nitrogens with zero attached hydrogens (tertiary/aromatic N) is 4. The summed E-state index contributed by atoms with van der Waals surface area (Å²) < 4.78 is 6.84. The Hall–Kier alpha value is -2.87. The highest BCUT2D eigenvalue weighted by atomic mass is 32.2. The van der Waals surface area contributed by atoms with Gasteiger partial charge in [-0.1, -0.05) is 48.2 Å². The Labute approximate surface area is 162 Å². The molecule has 2 aromatic carbocycles. The normalized spacial score (nSPS) is 10.6. The maximum atomic E-state index is 12.1. The van der Waals surface area contributed by atoms with E-state index in [1.54, 1.807) is 11.8 Å². The molecule has 1 amide bonds. The Bertz CT molecular complexity index is 895. The van der Waals surface area contributed by atoms with Crippen LogP contribution in [0.15, 0.2) is 53.7 Å². The third-order valence-electron chi connectivity index (χ3n) is 4.06. The van der Waals surface area contributed by atoms with Gasteiger partial charge in [0.1, 0.15) is 5.75 Å². The predicted octanol–water partition coefficient (Wildman–Crippen LogP) is 2.45. The maximum Gasteiger partial charge on any atom is 0.230 e. The number of thioether (sulfide) groups is 1. The Morgan fingerprint density at radius 2 is 1.96 bits per heavy atom. The lowest BCUT2D eigenvalue weighted by Crippen LogP contribution is -2.25. The number of ether oxygens (including phenoxy) is 1. The fourth-order valence-corrected chi connectivity index (χ4v) is 3.19. The zero-order valence-corrected chi connectivity index (χ0v) is 16.1. The molecule has 0 bridgehead atoms. The van der Waals surface area contributed by atoms with Crippen LogP contribution in [-0.4, -0.2) is 39.0 Å². The average Bonchev–Trinajstić information content (AvgIpc) is 3.13. The molecule has 0 atom stereocenters. The molecule has 1 aromatic heterocycles. The fourth-order valence-electron chi connectivity index (χ4n) is 2.49. The number of hydrogen-bond donors (Lipinski definition) is 1. The Kier molecular flexibility index (Phi) is 6.43. The summed E-state index contributed by atoms with van der Waals surface area (Å²) in [6.45, 7) is 3.08. The monoisotopic (exact) mass is 383 g/mol. The zero-order chi connectivity index (χ0) is 19.1. The van der Waals surface area contributed by atoms with E-state index in [0.717, 1.165) is 22.4 Å². The molecule has 0 saturated carbocycles. The molecule has 0 spiro atoms. The van der Waals surface area contributed by atoms with Crippen molar-refractivity contribution in [3.63, 3.8) is 0 Å². The SMILES string of the molecule is COc1ccc(Cn2nnnc2SCC(=O)NCc2ccccc2C)cc1. The molecule has 1 heterocycles. The Morgan fingerprint density at radius 1 is 1.19 bits per heavy atom. The van der Waals surface area contributed by atoms with Crippen LogP contribution in [0.25, 0.3) is 0 Å². The van der Waals surface area contributed by atoms with Crippen LogP contribution in [0.3, 0.4) is 0 Å². The number of benzene rings is 2. The van der Waals surface area contributed by atoms with Crippen molar-refractivity contribution in [2.45, 2.75) is 25.2 Å². The topological polar surface area (TPSA) is 81.9 Å². The molecule has 0 saturated heterocycles. The molecule has 0 aliphatic rings. The molecule has 27 heavy (non-hydrogen) atoms. The number of methoxy groups -OCH3 is 1. The van der Waals surface area contributed by atoms with Gasteiger partial charge in [-0.25, -0.2) is 4.68 Å². The Morgan fingerprint density at radius 3 is 2.70 bits per heavy atom. The molecule has 0 fully saturated rings. The first-order chi connectivity index (χ1) is 13.2. The summed E-state index contributed by atoms with van der Waals surface area (Å²) in [6.07, 6.45) is 0. The lowest BCUT2D eigenvalue weighted by atomic mass is 10.1. The lowest BCUT2D eigenvalue weighted by Gasteiger charge is -2.08. The van der Waals surface area contributed by atoms with Crippen molar-refractivity contribution in [3.05, 3.63) is 65.2 Å². The van der Waals surface area contributed by atoms with Crippen LogP contribution in [0.1, 0.15) is 16.7 Å². The predicted molar refractivity (Wildman–Crippen MR) is 104 cm³/mol. The van der Waals surface area contributed by atoms with Gasteiger partial charge in [0, 0.05) is 6.54 Å². The van der Waals surface area contributed by atoms with Crippen molar-refractivity contribution in [1.29, 1.82) is 0 Å². The second-order valence-electron chi connectivity index (χ2n) is 5.96. The summed E-state index contributed by atoms with van der Waals surface area (Å²) in [5.41, 5.74) is 3.32. The van der Waals surface area contributed by atoms with Gasteiger partial charge >= 0.3 is 0 Å². The van der Waals surface area contributed by atoms with Gasteiger partial charge in [-0.15, -0.1) is 5.10 Å². The van der Waals surface area contributed by atoms with Crippen molar-refractivity contribution >= 4 is 17.7 Å². The number of hydrogen-bond acceptors (Lipinski definition) is 6. The van der Waals surface area contributed by atoms with Crippen molar-refractivity contribution in [1.82, 2.24) is 25.5 Å². The van der Waals surface area contributed by atoms with Gasteiger partial charge in [-0.05, 0) is 46.2 Å². The van der Waals surface area contributed by atoms with E-state index < -0.39 is 0 Å². The van der Waals surface area contributed by atoms with Gasteiger partial charge in [0.2, 0.25) is 11.1 Å². The summed E-state index contributed by atoms with van der Waals surface area (Å²) in [5.74, 6) is 1.01. The van der Waals surface area contributed by atoms with E-state index in [2.05, 4.69) is 20.8 Å². The van der Waals surface area contributed by atoms with E-state index in [1.807, 2.05) is 55.5 Å². The van der Waals surface area contributed by atoms with Crippen molar-refractivity contribution in [2.24, 2.45) is 0 Å². The second kappa shape index (κ2) is 9.18. The largest absolute Gasteiger partial charge is 0.497 e. The summed E-state index contributed by atoms with van der Waals surface area (Å²) in [4.78, 5) is 12.1. The molecule has 7 nitrogen and oxygen atoms in total. The van der Waals surface area contributed by atoms with Gasteiger partial charge in [-0.2, -0.15) is 0 Å². The van der Waals surface area contributed by atoms with Gasteiger partial charge in [-0.3, -0.25) is 4.79 Å². The number of aromatic nitrogens is 4. The number of amides is 1. The van der Waals surface area contributed by atoms with Gasteiger partial charge < -0.3 is 10.1 Å². The summed E-state index contributed by atoms with van der Waals surface area (Å²) in [5, 5.41) is 15.3. The van der Waals surface area contributed by atoms with E-state index in [0.29, 0.717) is 18.2 Å². The van der Waals surface area contributed by atoms with Crippen LogP contribution in [0.4, 0.5) is 0 Å². The number of carbonyl (C=O) groups is 1. The molecule has 0 radical (unpaired) electrons. The van der Waals surface area contributed by atoms with Gasteiger partial charge in [0.05, 0.1) is 19.4 Å². The van der Waals surface area contributed by atoms with Gasteiger partial charge in [0.25, 0.3) is 0 Å². The average molecular weight is 383 g/mol. The molecular weight excluding hydrogens is 362 g/mol. The van der Waals surface area contributed by atoms with Crippen LogP contribution < -0.4 is 10.1 Å². The molecule has 1 N–H and O–H groups in total. The highest BCUT2D eigenvalue weighted by Crippen LogP contribution is 2.17. The van der Waals surface area contributed by atoms with E-state index in [9.17, 15) is 4.79 Å². The Balaban J connectivity index is 1.52. The smallest absolute Gasteiger partial charge is 0.230 e. The van der Waals surface area contributed by atoms with E-state index in [1.165, 1.54) is 11.8 Å². The number of aryl methyl sites for hydroxylation is 1. The summed E-state index contributed by atoms with van der Waals surface area (Å²) in [6, 6.07) is 15.7. The van der Waals surface area contributed by atoms with Crippen LogP contribution in [0, 0.1) is 6.92 Å². The minimum absolute atomic E-state index is 0.0535. The number of tetrazole rings is 1. The van der Waals surface area contributed by atoms with Crippen LogP contribution >= 0.6 is 11.8 Å². The molecule has 0 aliphatic heterocycles. The first-order valence-corrected chi connectivity index (χ1v) is 9.47. The minimum atomic E-state index is -0.0535. The number of nitrogens with one attached hydrogen (secondary N) is 1. The third-order valence-corrected chi connectivity index (χ3v) is 5.02. The van der Waals surface area contributed by atoms with E-state index >= 15 is 0 Å². The summed E-state index contributed by atoms with van der Waals surface area (Å²) in [7, 11) is 1.63. The lowest BCUT2D eigenvalue weighted by molar-refractivity contribution is -0.118. The minimum Gasteiger partial charge on any atom is -0.497 e. The third kappa shape index (κ3) is 5.30. The summed E-state index contributed by atoms with van der Waals surface area (Å²) >= 11 is 1.32. The standard InChI is InChI=1S/C19H21N5O2S/c1-14-5-3-4-6-16(14)11-20-18(25)13-27-19-21-22-23-24(19)12-15-7-9-17(26-2)10-8-15/h3-10H,11-13H2,1-2H3,(H,20,25). The quantitative estimate of drug-likeness (QED) is 0.602. The van der Waals surface area contributed by atoms with Gasteiger partial charge in [0.15, 0.2) is 0 Å². The van der Waals surface area contributed by atoms with Crippen molar-refractivity contribution in [3.8, 4) is 5.75 Å². The highest BCUT2D eigenvalue weighted by molar-refractivity contribution is 7.99. The molecule has 3 aromatic rings.